The van der Waals surface area contributed by atoms with E-state index in [1.165, 1.54) is 0 Å². The van der Waals surface area contributed by atoms with Crippen LogP contribution in [0.25, 0.3) is 0 Å². The maximum Gasteiger partial charge on any atom is 0.432 e. The molecule has 0 saturated heterocycles. The van der Waals surface area contributed by atoms with Gasteiger partial charge in [0.25, 0.3) is 0 Å². The minimum atomic E-state index is -4.35. The zero-order valence-electron chi connectivity index (χ0n) is 7.78. The second-order valence-electron chi connectivity index (χ2n) is 2.94. The first-order valence-electron chi connectivity index (χ1n) is 4.40. The first-order chi connectivity index (χ1) is 6.54. The van der Waals surface area contributed by atoms with E-state index in [-0.39, 0.29) is 5.82 Å². The summed E-state index contributed by atoms with van der Waals surface area (Å²) in [6.45, 7) is 2.64. The number of unbranched alkanes of at least 4 members (excludes halogenated alkanes) is 1. The number of hydrogen-bond acceptors (Lipinski definition) is 2. The SMILES string of the molecule is CCCCNc1cc(C(F)(F)F)[nH]n1. The van der Waals surface area contributed by atoms with Crippen molar-refractivity contribution >= 4 is 5.82 Å². The molecule has 0 aliphatic heterocycles. The molecule has 0 saturated carbocycles. The Hall–Kier alpha value is -1.20. The van der Waals surface area contributed by atoms with Gasteiger partial charge >= 0.3 is 6.18 Å². The number of nitrogens with zero attached hydrogens (tertiary/aromatic N) is 1. The van der Waals surface area contributed by atoms with E-state index in [1.54, 1.807) is 0 Å². The van der Waals surface area contributed by atoms with Crippen LogP contribution in [0.5, 0.6) is 0 Å². The summed E-state index contributed by atoms with van der Waals surface area (Å²) >= 11 is 0. The summed E-state index contributed by atoms with van der Waals surface area (Å²) in [6.07, 6.45) is -2.45. The number of aromatic nitrogens is 2. The third-order valence-electron chi connectivity index (χ3n) is 1.72. The average Bonchev–Trinajstić information content (AvgIpc) is 2.52. The van der Waals surface area contributed by atoms with Crippen molar-refractivity contribution in [1.29, 1.82) is 0 Å². The van der Waals surface area contributed by atoms with Gasteiger partial charge in [-0.15, -0.1) is 0 Å². The van der Waals surface area contributed by atoms with Gasteiger partial charge in [0.15, 0.2) is 0 Å². The summed E-state index contributed by atoms with van der Waals surface area (Å²) in [4.78, 5) is 0. The molecular formula is C8H12F3N3. The lowest BCUT2D eigenvalue weighted by molar-refractivity contribution is -0.141. The summed E-state index contributed by atoms with van der Waals surface area (Å²) in [6, 6.07) is 0.968. The smallest absolute Gasteiger partial charge is 0.369 e. The van der Waals surface area contributed by atoms with Crippen LogP contribution in [0.4, 0.5) is 19.0 Å². The quantitative estimate of drug-likeness (QED) is 0.745. The molecule has 1 aromatic rings. The van der Waals surface area contributed by atoms with Gasteiger partial charge in [0.2, 0.25) is 0 Å². The Labute approximate surface area is 79.7 Å². The molecular weight excluding hydrogens is 195 g/mol. The highest BCUT2D eigenvalue weighted by Crippen LogP contribution is 2.28. The van der Waals surface area contributed by atoms with Crippen molar-refractivity contribution < 1.29 is 13.2 Å². The summed E-state index contributed by atoms with van der Waals surface area (Å²) in [7, 11) is 0. The van der Waals surface area contributed by atoms with Crippen LogP contribution in [0.1, 0.15) is 25.5 Å². The molecule has 0 bridgehead atoms. The molecule has 14 heavy (non-hydrogen) atoms. The van der Waals surface area contributed by atoms with E-state index < -0.39 is 11.9 Å². The van der Waals surface area contributed by atoms with Crippen molar-refractivity contribution in [1.82, 2.24) is 10.2 Å². The number of nitrogens with one attached hydrogen (secondary N) is 2. The fraction of sp³-hybridized carbons (Fsp3) is 0.625. The average molecular weight is 207 g/mol. The molecule has 1 heterocycles. The predicted octanol–water partition coefficient (Wildman–Crippen LogP) is 2.64. The van der Waals surface area contributed by atoms with Crippen molar-refractivity contribution in [2.45, 2.75) is 25.9 Å². The molecule has 0 aromatic carbocycles. The molecule has 1 aromatic heterocycles. The molecule has 6 heteroatoms. The number of alkyl halides is 3. The standard InChI is InChI=1S/C8H12F3N3/c1-2-3-4-12-7-5-6(13-14-7)8(9,10)11/h5H,2-4H2,1H3,(H2,12,13,14). The molecule has 0 amide bonds. The minimum absolute atomic E-state index is 0.241. The highest BCUT2D eigenvalue weighted by atomic mass is 19.4. The molecule has 80 valence electrons. The van der Waals surface area contributed by atoms with Crippen molar-refractivity contribution in [3.63, 3.8) is 0 Å². The van der Waals surface area contributed by atoms with Gasteiger partial charge in [0, 0.05) is 12.6 Å². The first-order valence-corrected chi connectivity index (χ1v) is 4.40. The molecule has 0 fully saturated rings. The summed E-state index contributed by atoms with van der Waals surface area (Å²) in [5.74, 6) is 0.241. The van der Waals surface area contributed by atoms with Crippen LogP contribution in [-0.4, -0.2) is 16.7 Å². The Morgan fingerprint density at radius 2 is 2.21 bits per heavy atom. The van der Waals surface area contributed by atoms with Gasteiger partial charge < -0.3 is 5.32 Å². The second kappa shape index (κ2) is 4.34. The lowest BCUT2D eigenvalue weighted by Crippen LogP contribution is -2.04. The number of H-pyrrole nitrogens is 1. The maximum atomic E-state index is 12.1. The number of halogens is 3. The molecule has 0 aliphatic rings. The van der Waals surface area contributed by atoms with Gasteiger partial charge in [-0.2, -0.15) is 18.3 Å². The summed E-state index contributed by atoms with van der Waals surface area (Å²) < 4.78 is 36.3. The Morgan fingerprint density at radius 1 is 1.50 bits per heavy atom. The van der Waals surface area contributed by atoms with Gasteiger partial charge in [0.05, 0.1) is 0 Å². The highest BCUT2D eigenvalue weighted by molar-refractivity contribution is 5.35. The Balaban J connectivity index is 2.51. The van der Waals surface area contributed by atoms with E-state index in [4.69, 9.17) is 0 Å². The Morgan fingerprint density at radius 3 is 2.71 bits per heavy atom. The zero-order valence-corrected chi connectivity index (χ0v) is 7.78. The number of anilines is 1. The summed E-state index contributed by atoms with van der Waals surface area (Å²) in [5, 5.41) is 8.23. The van der Waals surface area contributed by atoms with E-state index in [2.05, 4.69) is 10.4 Å². The third kappa shape index (κ3) is 2.93. The van der Waals surface area contributed by atoms with Gasteiger partial charge in [-0.3, -0.25) is 5.10 Å². The van der Waals surface area contributed by atoms with Crippen LogP contribution in [0.2, 0.25) is 0 Å². The fourth-order valence-corrected chi connectivity index (χ4v) is 0.951. The van der Waals surface area contributed by atoms with Crippen LogP contribution in [0, 0.1) is 0 Å². The van der Waals surface area contributed by atoms with Gasteiger partial charge in [-0.1, -0.05) is 13.3 Å². The van der Waals surface area contributed by atoms with E-state index >= 15 is 0 Å². The minimum Gasteiger partial charge on any atom is -0.369 e. The Kier molecular flexibility index (Phi) is 3.38. The maximum absolute atomic E-state index is 12.1. The van der Waals surface area contributed by atoms with Crippen molar-refractivity contribution in [3.05, 3.63) is 11.8 Å². The van der Waals surface area contributed by atoms with E-state index in [1.807, 2.05) is 12.0 Å². The molecule has 0 unspecified atom stereocenters. The number of hydrogen-bond donors (Lipinski definition) is 2. The van der Waals surface area contributed by atoms with Crippen LogP contribution in [0.15, 0.2) is 6.07 Å². The number of aromatic amines is 1. The highest BCUT2D eigenvalue weighted by Gasteiger charge is 2.32. The van der Waals surface area contributed by atoms with Gasteiger partial charge in [0.1, 0.15) is 11.5 Å². The second-order valence-corrected chi connectivity index (χ2v) is 2.94. The monoisotopic (exact) mass is 207 g/mol. The molecule has 1 rings (SSSR count). The molecule has 0 radical (unpaired) electrons. The molecule has 0 spiro atoms. The van der Waals surface area contributed by atoms with Crippen LogP contribution >= 0.6 is 0 Å². The zero-order chi connectivity index (χ0) is 10.6. The van der Waals surface area contributed by atoms with E-state index in [9.17, 15) is 13.2 Å². The van der Waals surface area contributed by atoms with E-state index in [0.717, 1.165) is 18.9 Å². The van der Waals surface area contributed by atoms with Crippen molar-refractivity contribution in [2.24, 2.45) is 0 Å². The lowest BCUT2D eigenvalue weighted by atomic mass is 10.3. The largest absolute Gasteiger partial charge is 0.432 e. The lowest BCUT2D eigenvalue weighted by Gasteiger charge is -2.00. The van der Waals surface area contributed by atoms with Gasteiger partial charge in [-0.05, 0) is 6.42 Å². The fourth-order valence-electron chi connectivity index (χ4n) is 0.951. The van der Waals surface area contributed by atoms with Crippen molar-refractivity contribution in [3.8, 4) is 0 Å². The molecule has 3 nitrogen and oxygen atoms in total. The van der Waals surface area contributed by atoms with Crippen LogP contribution < -0.4 is 5.32 Å². The normalized spacial score (nSPS) is 11.7. The number of rotatable bonds is 4. The third-order valence-corrected chi connectivity index (χ3v) is 1.72. The summed E-state index contributed by atoms with van der Waals surface area (Å²) in [5.41, 5.74) is -0.823. The predicted molar refractivity (Wildman–Crippen MR) is 47.0 cm³/mol. The first kappa shape index (κ1) is 10.9. The van der Waals surface area contributed by atoms with Gasteiger partial charge in [-0.25, -0.2) is 0 Å². The molecule has 2 N–H and O–H groups in total. The molecule has 0 aliphatic carbocycles. The van der Waals surface area contributed by atoms with E-state index in [0.29, 0.717) is 6.54 Å². The molecule has 0 atom stereocenters. The van der Waals surface area contributed by atoms with Crippen molar-refractivity contribution in [2.75, 3.05) is 11.9 Å². The van der Waals surface area contributed by atoms with Crippen LogP contribution in [0.3, 0.4) is 0 Å². The Bertz CT molecular complexity index is 280. The van der Waals surface area contributed by atoms with Crippen LogP contribution in [-0.2, 0) is 6.18 Å². The topological polar surface area (TPSA) is 40.7 Å².